The molecule has 15 heteroatoms. The fraction of sp³-hybridized carbons (Fsp3) is 0.360. The SMILES string of the molecule is C[C@H](NC(=O)c1cn(CCC(F)Cn2cc(C(=O)NCC3C=C(C(F)(F)F)C=CN3)nn2)nn1)c1ccccc1. The van der Waals surface area contributed by atoms with E-state index >= 15 is 0 Å². The van der Waals surface area contributed by atoms with E-state index in [1.165, 1.54) is 23.3 Å². The minimum atomic E-state index is -4.49. The number of hydrogen-bond donors (Lipinski definition) is 3. The van der Waals surface area contributed by atoms with Gasteiger partial charge in [-0.2, -0.15) is 13.2 Å². The normalized spacial score (nSPS) is 16.5. The second-order valence-corrected chi connectivity index (χ2v) is 9.12. The van der Waals surface area contributed by atoms with Crippen molar-refractivity contribution in [2.24, 2.45) is 0 Å². The smallest absolute Gasteiger partial charge is 0.383 e. The molecule has 0 bridgehead atoms. The molecular weight excluding hydrogens is 534 g/mol. The summed E-state index contributed by atoms with van der Waals surface area (Å²) in [5.41, 5.74) is 0.131. The maximum absolute atomic E-state index is 14.6. The van der Waals surface area contributed by atoms with E-state index in [1.807, 2.05) is 37.3 Å². The van der Waals surface area contributed by atoms with Crippen molar-refractivity contribution >= 4 is 11.8 Å². The van der Waals surface area contributed by atoms with E-state index in [1.54, 1.807) is 0 Å². The van der Waals surface area contributed by atoms with Crippen molar-refractivity contribution in [3.8, 4) is 0 Å². The highest BCUT2D eigenvalue weighted by atomic mass is 19.4. The first-order chi connectivity index (χ1) is 19.1. The molecule has 0 aliphatic carbocycles. The van der Waals surface area contributed by atoms with Crippen molar-refractivity contribution in [1.82, 2.24) is 45.9 Å². The van der Waals surface area contributed by atoms with Crippen molar-refractivity contribution in [1.29, 1.82) is 0 Å². The van der Waals surface area contributed by atoms with Crippen molar-refractivity contribution in [3.05, 3.63) is 83.6 Å². The molecule has 1 aliphatic rings. The molecule has 3 aromatic rings. The molecule has 212 valence electrons. The predicted octanol–water partition coefficient (Wildman–Crippen LogP) is 2.49. The van der Waals surface area contributed by atoms with Gasteiger partial charge in [-0.1, -0.05) is 40.8 Å². The maximum atomic E-state index is 14.6. The van der Waals surface area contributed by atoms with Crippen LogP contribution in [0, 0.1) is 0 Å². The summed E-state index contributed by atoms with van der Waals surface area (Å²) >= 11 is 0. The Morgan fingerprint density at radius 1 is 1.05 bits per heavy atom. The highest BCUT2D eigenvalue weighted by Crippen LogP contribution is 2.27. The average molecular weight is 562 g/mol. The van der Waals surface area contributed by atoms with Crippen molar-refractivity contribution < 1.29 is 27.2 Å². The highest BCUT2D eigenvalue weighted by molar-refractivity contribution is 5.92. The zero-order valence-corrected chi connectivity index (χ0v) is 21.3. The third-order valence-electron chi connectivity index (χ3n) is 6.01. The highest BCUT2D eigenvalue weighted by Gasteiger charge is 2.33. The second-order valence-electron chi connectivity index (χ2n) is 9.12. The molecule has 40 heavy (non-hydrogen) atoms. The number of aromatic nitrogens is 6. The van der Waals surface area contributed by atoms with Crippen LogP contribution in [0.2, 0.25) is 0 Å². The number of nitrogens with zero attached hydrogens (tertiary/aromatic N) is 6. The number of amides is 2. The molecule has 0 fully saturated rings. The lowest BCUT2D eigenvalue weighted by Gasteiger charge is -2.20. The molecule has 2 amide bonds. The van der Waals surface area contributed by atoms with Crippen LogP contribution >= 0.6 is 0 Å². The number of hydrogen-bond acceptors (Lipinski definition) is 7. The molecule has 0 saturated carbocycles. The second kappa shape index (κ2) is 12.5. The zero-order valence-electron chi connectivity index (χ0n) is 21.3. The first-order valence-corrected chi connectivity index (χ1v) is 12.4. The molecule has 1 aromatic carbocycles. The number of carbonyl (C=O) groups is 2. The molecule has 1 aliphatic heterocycles. The van der Waals surface area contributed by atoms with E-state index in [9.17, 15) is 27.2 Å². The molecule has 3 N–H and O–H groups in total. The number of halogens is 4. The van der Waals surface area contributed by atoms with Gasteiger partial charge in [0.25, 0.3) is 11.8 Å². The molecule has 4 rings (SSSR count). The Morgan fingerprint density at radius 3 is 2.45 bits per heavy atom. The average Bonchev–Trinajstić information content (AvgIpc) is 3.61. The fourth-order valence-corrected chi connectivity index (χ4v) is 3.85. The largest absolute Gasteiger partial charge is 0.416 e. The van der Waals surface area contributed by atoms with Crippen molar-refractivity contribution in [3.63, 3.8) is 0 Å². The van der Waals surface area contributed by atoms with Crippen LogP contribution in [0.3, 0.4) is 0 Å². The lowest BCUT2D eigenvalue weighted by atomic mass is 10.1. The Bertz CT molecular complexity index is 1370. The van der Waals surface area contributed by atoms with Crippen LogP contribution < -0.4 is 16.0 Å². The molecule has 0 saturated heterocycles. The van der Waals surface area contributed by atoms with Crippen molar-refractivity contribution in [2.75, 3.05) is 6.54 Å². The summed E-state index contributed by atoms with van der Waals surface area (Å²) in [6.07, 6.45) is -0.107. The lowest BCUT2D eigenvalue weighted by Crippen LogP contribution is -2.39. The van der Waals surface area contributed by atoms with Crippen LogP contribution in [0.15, 0.2) is 66.7 Å². The van der Waals surface area contributed by atoms with Gasteiger partial charge >= 0.3 is 6.18 Å². The third-order valence-corrected chi connectivity index (χ3v) is 6.01. The van der Waals surface area contributed by atoms with Crippen molar-refractivity contribution in [2.45, 2.75) is 50.9 Å². The van der Waals surface area contributed by atoms with E-state index in [2.05, 4.69) is 36.6 Å². The van der Waals surface area contributed by atoms with E-state index in [4.69, 9.17) is 0 Å². The van der Waals surface area contributed by atoms with E-state index in [-0.39, 0.29) is 43.5 Å². The minimum Gasteiger partial charge on any atom is -0.383 e. The molecule has 2 unspecified atom stereocenters. The van der Waals surface area contributed by atoms with Gasteiger partial charge in [-0.15, -0.1) is 10.2 Å². The van der Waals surface area contributed by atoms with Crippen LogP contribution in [0.25, 0.3) is 0 Å². The Kier molecular flexibility index (Phi) is 8.91. The summed E-state index contributed by atoms with van der Waals surface area (Å²) in [6, 6.07) is 8.44. The summed E-state index contributed by atoms with van der Waals surface area (Å²) in [5.74, 6) is -1.06. The minimum absolute atomic E-state index is 0.0287. The van der Waals surface area contributed by atoms with Gasteiger partial charge in [-0.25, -0.2) is 9.07 Å². The van der Waals surface area contributed by atoms with Gasteiger partial charge in [0.05, 0.1) is 36.6 Å². The number of nitrogens with one attached hydrogen (secondary N) is 3. The summed E-state index contributed by atoms with van der Waals surface area (Å²) in [7, 11) is 0. The third kappa shape index (κ3) is 7.74. The molecule has 2 aromatic heterocycles. The number of aryl methyl sites for hydroxylation is 1. The quantitative estimate of drug-likeness (QED) is 0.307. The summed E-state index contributed by atoms with van der Waals surface area (Å²) in [4.78, 5) is 24.8. The number of allylic oxidation sites excluding steroid dienone is 2. The number of alkyl halides is 4. The monoisotopic (exact) mass is 561 g/mol. The van der Waals surface area contributed by atoms with Crippen LogP contribution in [-0.4, -0.2) is 66.7 Å². The summed E-state index contributed by atoms with van der Waals surface area (Å²) in [6.45, 7) is 1.68. The zero-order chi connectivity index (χ0) is 28.7. The van der Waals surface area contributed by atoms with Gasteiger partial charge in [-0.3, -0.25) is 14.3 Å². The van der Waals surface area contributed by atoms with Gasteiger partial charge in [0.1, 0.15) is 6.17 Å². The van der Waals surface area contributed by atoms with E-state index in [0.717, 1.165) is 22.4 Å². The predicted molar refractivity (Wildman–Crippen MR) is 134 cm³/mol. The van der Waals surface area contributed by atoms with Crippen LogP contribution in [0.4, 0.5) is 17.6 Å². The van der Waals surface area contributed by atoms with E-state index < -0.39 is 35.8 Å². The Balaban J connectivity index is 1.21. The summed E-state index contributed by atoms with van der Waals surface area (Å²) < 4.78 is 55.7. The van der Waals surface area contributed by atoms with Crippen LogP contribution in [-0.2, 0) is 13.1 Å². The van der Waals surface area contributed by atoms with Gasteiger partial charge in [0.15, 0.2) is 11.4 Å². The summed E-state index contributed by atoms with van der Waals surface area (Å²) in [5, 5.41) is 23.2. The van der Waals surface area contributed by atoms with Gasteiger partial charge < -0.3 is 16.0 Å². The number of benzene rings is 1. The van der Waals surface area contributed by atoms with Gasteiger partial charge in [0, 0.05) is 19.5 Å². The first kappa shape index (κ1) is 28.4. The Hall–Kier alpha value is -4.56. The Morgan fingerprint density at radius 2 is 1.73 bits per heavy atom. The first-order valence-electron chi connectivity index (χ1n) is 12.4. The molecular formula is C25H27F4N9O2. The Labute approximate surface area is 226 Å². The standard InChI is InChI=1S/C25H27F4N9O2/c1-16(17-5-3-2-4-6-17)32-24(40)22-14-37(35-34-22)10-8-19(26)13-38-15-21(33-36-38)23(39)31-12-20-11-18(7-9-30-20)25(27,28)29/h2-7,9,11,14-16,19-20,30H,8,10,12-13H2,1H3,(H,31,39)(H,32,40)/t16-,19?,20?/m0/s1. The number of carbonyl (C=O) groups excluding carboxylic acids is 2. The molecule has 11 nitrogen and oxygen atoms in total. The van der Waals surface area contributed by atoms with Gasteiger partial charge in [-0.05, 0) is 30.8 Å². The van der Waals surface area contributed by atoms with E-state index in [0.29, 0.717) is 0 Å². The molecule has 3 heterocycles. The topological polar surface area (TPSA) is 132 Å². The molecule has 0 spiro atoms. The van der Waals surface area contributed by atoms with Crippen LogP contribution in [0.1, 0.15) is 45.9 Å². The molecule has 3 atom stereocenters. The fourth-order valence-electron chi connectivity index (χ4n) is 3.85. The lowest BCUT2D eigenvalue weighted by molar-refractivity contribution is -0.0888. The van der Waals surface area contributed by atoms with Gasteiger partial charge in [0.2, 0.25) is 0 Å². The maximum Gasteiger partial charge on any atom is 0.416 e. The number of rotatable bonds is 11. The number of dihydropyridines is 1. The van der Waals surface area contributed by atoms with Crippen LogP contribution in [0.5, 0.6) is 0 Å². The molecule has 0 radical (unpaired) electrons.